The Morgan fingerprint density at radius 1 is 1.36 bits per heavy atom. The van der Waals surface area contributed by atoms with Crippen LogP contribution in [0.5, 0.6) is 0 Å². The molecule has 5 nitrogen and oxygen atoms in total. The molecule has 0 aliphatic carbocycles. The van der Waals surface area contributed by atoms with Gasteiger partial charge in [0.2, 0.25) is 6.54 Å². The molecule has 0 N–H and O–H groups in total. The summed E-state index contributed by atoms with van der Waals surface area (Å²) in [7, 11) is 3.01. The second-order valence-corrected chi connectivity index (χ2v) is 3.26. The minimum Gasteiger partial charge on any atom is -0.355 e. The average molecular weight is 205 g/mol. The Morgan fingerprint density at radius 3 is 2.29 bits per heavy atom. The highest BCUT2D eigenvalue weighted by molar-refractivity contribution is 4.61. The van der Waals surface area contributed by atoms with E-state index in [4.69, 9.17) is 9.47 Å². The van der Waals surface area contributed by atoms with Crippen molar-refractivity contribution in [1.29, 1.82) is 0 Å². The lowest BCUT2D eigenvalue weighted by Crippen LogP contribution is -2.30. The van der Waals surface area contributed by atoms with Crippen molar-refractivity contribution in [3.8, 4) is 0 Å². The molecule has 0 radical (unpaired) electrons. The zero-order valence-corrected chi connectivity index (χ0v) is 9.06. The van der Waals surface area contributed by atoms with E-state index >= 15 is 0 Å². The van der Waals surface area contributed by atoms with Gasteiger partial charge in [0.15, 0.2) is 6.29 Å². The van der Waals surface area contributed by atoms with Crippen LogP contribution in [0.4, 0.5) is 0 Å². The number of hydrogen-bond donors (Lipinski definition) is 0. The van der Waals surface area contributed by atoms with Gasteiger partial charge in [-0.3, -0.25) is 10.1 Å². The fourth-order valence-corrected chi connectivity index (χ4v) is 1.45. The van der Waals surface area contributed by atoms with Gasteiger partial charge in [-0.25, -0.2) is 0 Å². The number of nitrogens with zero attached hydrogens (tertiary/aromatic N) is 1. The molecule has 0 fully saturated rings. The van der Waals surface area contributed by atoms with Crippen LogP contribution in [-0.2, 0) is 9.47 Å². The number of methoxy groups -OCH3 is 2. The molecule has 84 valence electrons. The van der Waals surface area contributed by atoms with Crippen LogP contribution >= 0.6 is 0 Å². The monoisotopic (exact) mass is 205 g/mol. The van der Waals surface area contributed by atoms with Gasteiger partial charge in [0.1, 0.15) is 0 Å². The lowest BCUT2D eigenvalue weighted by atomic mass is 10.0. The summed E-state index contributed by atoms with van der Waals surface area (Å²) in [6.07, 6.45) is 2.28. The first kappa shape index (κ1) is 13.3. The van der Waals surface area contributed by atoms with Gasteiger partial charge in [0.05, 0.1) is 5.92 Å². The maximum Gasteiger partial charge on any atom is 0.211 e. The van der Waals surface area contributed by atoms with Gasteiger partial charge in [-0.15, -0.1) is 0 Å². The third kappa shape index (κ3) is 5.14. The van der Waals surface area contributed by atoms with E-state index in [1.54, 1.807) is 0 Å². The molecule has 0 saturated carbocycles. The number of hydrogen-bond acceptors (Lipinski definition) is 4. The van der Waals surface area contributed by atoms with Crippen LogP contribution in [0, 0.1) is 16.0 Å². The summed E-state index contributed by atoms with van der Waals surface area (Å²) in [6, 6.07) is 0. The van der Waals surface area contributed by atoms with Gasteiger partial charge in [-0.05, 0) is 6.42 Å². The fraction of sp³-hybridized carbons (Fsp3) is 1.00. The first-order chi connectivity index (χ1) is 6.65. The largest absolute Gasteiger partial charge is 0.355 e. The molecule has 1 atom stereocenters. The Labute approximate surface area is 84.5 Å². The van der Waals surface area contributed by atoms with Crippen LogP contribution < -0.4 is 0 Å². The Hall–Kier alpha value is -0.680. The topological polar surface area (TPSA) is 61.6 Å². The van der Waals surface area contributed by atoms with Crippen LogP contribution in [0.25, 0.3) is 0 Å². The molecular weight excluding hydrogens is 186 g/mol. The normalized spacial score (nSPS) is 13.1. The SMILES string of the molecule is CCCC[C@@H](C[N+](=O)[O-])C(OC)OC. The van der Waals surface area contributed by atoms with Crippen molar-refractivity contribution in [2.75, 3.05) is 20.8 Å². The number of unbranched alkanes of at least 4 members (excludes halogenated alkanes) is 1. The van der Waals surface area contributed by atoms with E-state index in [2.05, 4.69) is 6.92 Å². The molecule has 0 aromatic carbocycles. The van der Waals surface area contributed by atoms with E-state index in [0.29, 0.717) is 0 Å². The summed E-state index contributed by atoms with van der Waals surface area (Å²) in [4.78, 5) is 10.1. The van der Waals surface area contributed by atoms with Gasteiger partial charge in [0.25, 0.3) is 0 Å². The van der Waals surface area contributed by atoms with Gasteiger partial charge >= 0.3 is 0 Å². The molecule has 0 spiro atoms. The molecule has 5 heteroatoms. The third-order valence-electron chi connectivity index (χ3n) is 2.16. The summed E-state index contributed by atoms with van der Waals surface area (Å²) in [5.74, 6) is -0.153. The molecule has 0 aromatic rings. The van der Waals surface area contributed by atoms with Crippen LogP contribution in [-0.4, -0.2) is 32.0 Å². The first-order valence-electron chi connectivity index (χ1n) is 4.83. The van der Waals surface area contributed by atoms with E-state index in [0.717, 1.165) is 19.3 Å². The zero-order valence-electron chi connectivity index (χ0n) is 9.06. The Balaban J connectivity index is 4.12. The minimum atomic E-state index is -0.466. The molecule has 0 rings (SSSR count). The van der Waals surface area contributed by atoms with Crippen molar-refractivity contribution in [3.63, 3.8) is 0 Å². The molecule has 0 bridgehead atoms. The Morgan fingerprint density at radius 2 is 1.93 bits per heavy atom. The standard InChI is InChI=1S/C9H19NO4/c1-4-5-6-8(7-10(11)12)9(13-2)14-3/h8-9H,4-7H2,1-3H3/t8-/m0/s1. The van der Waals surface area contributed by atoms with Crippen LogP contribution in [0.3, 0.4) is 0 Å². The molecule has 0 amide bonds. The number of nitro groups is 1. The predicted octanol–water partition coefficient (Wildman–Crippen LogP) is 1.69. The van der Waals surface area contributed by atoms with E-state index < -0.39 is 6.29 Å². The predicted molar refractivity (Wildman–Crippen MR) is 52.7 cm³/mol. The zero-order chi connectivity index (χ0) is 11.0. The minimum absolute atomic E-state index is 0.0909. The van der Waals surface area contributed by atoms with Crippen molar-refractivity contribution < 1.29 is 14.4 Å². The lowest BCUT2D eigenvalue weighted by molar-refractivity contribution is -0.494. The summed E-state index contributed by atoms with van der Waals surface area (Å²) >= 11 is 0. The highest BCUT2D eigenvalue weighted by Gasteiger charge is 2.25. The molecule has 0 aromatic heterocycles. The molecule has 0 aliphatic rings. The highest BCUT2D eigenvalue weighted by Crippen LogP contribution is 2.16. The molecule has 0 aliphatic heterocycles. The maximum absolute atomic E-state index is 10.4. The van der Waals surface area contributed by atoms with Crippen molar-refractivity contribution in [2.24, 2.45) is 5.92 Å². The molecule has 0 unspecified atom stereocenters. The molecule has 0 heterocycles. The summed E-state index contributed by atoms with van der Waals surface area (Å²) < 4.78 is 10.1. The van der Waals surface area contributed by atoms with Crippen LogP contribution in [0.1, 0.15) is 26.2 Å². The van der Waals surface area contributed by atoms with Crippen LogP contribution in [0.15, 0.2) is 0 Å². The van der Waals surface area contributed by atoms with Gasteiger partial charge in [-0.2, -0.15) is 0 Å². The van der Waals surface area contributed by atoms with Crippen molar-refractivity contribution in [1.82, 2.24) is 0 Å². The molecule has 0 saturated heterocycles. The van der Waals surface area contributed by atoms with E-state index in [1.165, 1.54) is 14.2 Å². The van der Waals surface area contributed by atoms with Crippen molar-refractivity contribution >= 4 is 0 Å². The lowest BCUT2D eigenvalue weighted by Gasteiger charge is -2.21. The van der Waals surface area contributed by atoms with Crippen molar-refractivity contribution in [2.45, 2.75) is 32.5 Å². The summed E-state index contributed by atoms with van der Waals surface area (Å²) in [6.45, 7) is 1.96. The number of ether oxygens (including phenoxy) is 2. The van der Waals surface area contributed by atoms with E-state index in [-0.39, 0.29) is 17.4 Å². The van der Waals surface area contributed by atoms with Gasteiger partial charge in [-0.1, -0.05) is 19.8 Å². The summed E-state index contributed by atoms with van der Waals surface area (Å²) in [5.41, 5.74) is 0. The maximum atomic E-state index is 10.4. The highest BCUT2D eigenvalue weighted by atomic mass is 16.7. The molecular formula is C9H19NO4. The number of rotatable bonds is 8. The third-order valence-corrected chi connectivity index (χ3v) is 2.16. The van der Waals surface area contributed by atoms with E-state index in [1.807, 2.05) is 0 Å². The Kier molecular flexibility index (Phi) is 7.32. The fourth-order valence-electron chi connectivity index (χ4n) is 1.45. The molecule has 14 heavy (non-hydrogen) atoms. The second-order valence-electron chi connectivity index (χ2n) is 3.26. The first-order valence-corrected chi connectivity index (χ1v) is 4.83. The average Bonchev–Trinajstić information content (AvgIpc) is 2.15. The van der Waals surface area contributed by atoms with Crippen LogP contribution in [0.2, 0.25) is 0 Å². The van der Waals surface area contributed by atoms with Crippen molar-refractivity contribution in [3.05, 3.63) is 10.1 Å². The van der Waals surface area contributed by atoms with Gasteiger partial charge < -0.3 is 9.47 Å². The second kappa shape index (κ2) is 7.70. The van der Waals surface area contributed by atoms with E-state index in [9.17, 15) is 10.1 Å². The Bertz CT molecular complexity index is 159. The van der Waals surface area contributed by atoms with Gasteiger partial charge in [0, 0.05) is 19.1 Å². The quantitative estimate of drug-likeness (QED) is 0.343. The summed E-state index contributed by atoms with van der Waals surface area (Å²) in [5, 5.41) is 10.4. The smallest absolute Gasteiger partial charge is 0.211 e.